The Morgan fingerprint density at radius 3 is 2.88 bits per heavy atom. The second-order valence-corrected chi connectivity index (χ2v) is 6.16. The molecule has 126 valence electrons. The van der Waals surface area contributed by atoms with Crippen LogP contribution < -0.4 is 4.74 Å². The summed E-state index contributed by atoms with van der Waals surface area (Å²) in [6.07, 6.45) is 1.76. The maximum Gasteiger partial charge on any atom is 0.239 e. The quantitative estimate of drug-likeness (QED) is 0.846. The van der Waals surface area contributed by atoms with Gasteiger partial charge in [0, 0.05) is 32.9 Å². The molecule has 1 unspecified atom stereocenters. The first-order chi connectivity index (χ1) is 11.6. The SMILES string of the molecule is CC1C(=O)N(C)CCN1Cc1cccc(OCc2ccccn2)c1. The van der Waals surface area contributed by atoms with Crippen LogP contribution in [0.2, 0.25) is 0 Å². The second kappa shape index (κ2) is 7.45. The molecule has 1 fully saturated rings. The van der Waals surface area contributed by atoms with Crippen molar-refractivity contribution in [1.29, 1.82) is 0 Å². The van der Waals surface area contributed by atoms with Crippen molar-refractivity contribution in [1.82, 2.24) is 14.8 Å². The van der Waals surface area contributed by atoms with Crippen molar-refractivity contribution < 1.29 is 9.53 Å². The van der Waals surface area contributed by atoms with Gasteiger partial charge in [0.25, 0.3) is 0 Å². The van der Waals surface area contributed by atoms with Gasteiger partial charge in [0.05, 0.1) is 11.7 Å². The Hall–Kier alpha value is -2.40. The molecule has 5 nitrogen and oxygen atoms in total. The van der Waals surface area contributed by atoms with Crippen LogP contribution in [0.4, 0.5) is 0 Å². The molecule has 24 heavy (non-hydrogen) atoms. The normalized spacial score (nSPS) is 18.7. The molecule has 0 spiro atoms. The summed E-state index contributed by atoms with van der Waals surface area (Å²) in [4.78, 5) is 20.4. The van der Waals surface area contributed by atoms with Crippen LogP contribution in [0.3, 0.4) is 0 Å². The molecular weight excluding hydrogens is 302 g/mol. The molecule has 1 atom stereocenters. The molecule has 0 aliphatic carbocycles. The Balaban J connectivity index is 1.62. The Morgan fingerprint density at radius 2 is 2.08 bits per heavy atom. The van der Waals surface area contributed by atoms with Gasteiger partial charge in [-0.1, -0.05) is 18.2 Å². The molecule has 0 bridgehead atoms. The van der Waals surface area contributed by atoms with Gasteiger partial charge in [-0.25, -0.2) is 0 Å². The van der Waals surface area contributed by atoms with Crippen molar-refractivity contribution in [3.8, 4) is 5.75 Å². The third-order valence-electron chi connectivity index (χ3n) is 4.40. The minimum absolute atomic E-state index is 0.0816. The highest BCUT2D eigenvalue weighted by Crippen LogP contribution is 2.19. The van der Waals surface area contributed by atoms with Crippen molar-refractivity contribution in [3.63, 3.8) is 0 Å². The number of likely N-dealkylation sites (N-methyl/N-ethyl adjacent to an activating group) is 1. The number of ether oxygens (including phenoxy) is 1. The van der Waals surface area contributed by atoms with E-state index in [2.05, 4.69) is 16.0 Å². The summed E-state index contributed by atoms with van der Waals surface area (Å²) in [7, 11) is 1.86. The number of carbonyl (C=O) groups is 1. The number of hydrogen-bond acceptors (Lipinski definition) is 4. The van der Waals surface area contributed by atoms with Crippen molar-refractivity contribution in [2.24, 2.45) is 0 Å². The molecule has 1 amide bonds. The lowest BCUT2D eigenvalue weighted by atomic mass is 10.1. The van der Waals surface area contributed by atoms with Crippen molar-refractivity contribution in [2.75, 3.05) is 20.1 Å². The molecule has 1 aromatic heterocycles. The smallest absolute Gasteiger partial charge is 0.239 e. The lowest BCUT2D eigenvalue weighted by molar-refractivity contribution is -0.139. The number of nitrogens with zero attached hydrogens (tertiary/aromatic N) is 3. The topological polar surface area (TPSA) is 45.7 Å². The van der Waals surface area contributed by atoms with Crippen LogP contribution in [0, 0.1) is 0 Å². The van der Waals surface area contributed by atoms with E-state index in [0.717, 1.165) is 36.6 Å². The van der Waals surface area contributed by atoms with E-state index in [1.807, 2.05) is 50.4 Å². The average molecular weight is 325 g/mol. The van der Waals surface area contributed by atoms with E-state index in [9.17, 15) is 4.79 Å². The Morgan fingerprint density at radius 1 is 1.21 bits per heavy atom. The van der Waals surface area contributed by atoms with Crippen LogP contribution in [0.5, 0.6) is 5.75 Å². The number of benzene rings is 1. The Kier molecular flexibility index (Phi) is 5.11. The molecule has 1 saturated heterocycles. The predicted octanol–water partition coefficient (Wildman–Crippen LogP) is 2.32. The molecule has 2 heterocycles. The van der Waals surface area contributed by atoms with Gasteiger partial charge in [-0.05, 0) is 36.8 Å². The van der Waals surface area contributed by atoms with Crippen LogP contribution in [0.15, 0.2) is 48.7 Å². The number of pyridine rings is 1. The lowest BCUT2D eigenvalue weighted by Crippen LogP contribution is -2.53. The van der Waals surface area contributed by atoms with E-state index >= 15 is 0 Å². The van der Waals surface area contributed by atoms with Crippen molar-refractivity contribution in [3.05, 3.63) is 59.9 Å². The van der Waals surface area contributed by atoms with Crippen LogP contribution in [-0.4, -0.2) is 46.9 Å². The second-order valence-electron chi connectivity index (χ2n) is 6.16. The fourth-order valence-corrected chi connectivity index (χ4v) is 2.88. The van der Waals surface area contributed by atoms with Gasteiger partial charge in [0.1, 0.15) is 12.4 Å². The fourth-order valence-electron chi connectivity index (χ4n) is 2.88. The summed E-state index contributed by atoms with van der Waals surface area (Å²) in [5, 5.41) is 0. The van der Waals surface area contributed by atoms with E-state index in [1.165, 1.54) is 0 Å². The van der Waals surface area contributed by atoms with Crippen LogP contribution >= 0.6 is 0 Å². The molecule has 0 radical (unpaired) electrons. The Bertz CT molecular complexity index is 690. The highest BCUT2D eigenvalue weighted by atomic mass is 16.5. The van der Waals surface area contributed by atoms with Crippen molar-refractivity contribution >= 4 is 5.91 Å². The summed E-state index contributed by atoms with van der Waals surface area (Å²) in [6, 6.07) is 13.8. The maximum absolute atomic E-state index is 12.1. The third-order valence-corrected chi connectivity index (χ3v) is 4.40. The van der Waals surface area contributed by atoms with Crippen LogP contribution in [0.1, 0.15) is 18.2 Å². The number of hydrogen-bond donors (Lipinski definition) is 0. The maximum atomic E-state index is 12.1. The first-order valence-corrected chi connectivity index (χ1v) is 8.24. The van der Waals surface area contributed by atoms with Crippen molar-refractivity contribution in [2.45, 2.75) is 26.1 Å². The number of aromatic nitrogens is 1. The number of rotatable bonds is 5. The zero-order valence-corrected chi connectivity index (χ0v) is 14.2. The molecule has 1 aromatic carbocycles. The van der Waals surface area contributed by atoms with Gasteiger partial charge >= 0.3 is 0 Å². The van der Waals surface area contributed by atoms with Gasteiger partial charge in [0.15, 0.2) is 0 Å². The molecule has 2 aromatic rings. The minimum Gasteiger partial charge on any atom is -0.487 e. The molecule has 5 heteroatoms. The molecule has 3 rings (SSSR count). The highest BCUT2D eigenvalue weighted by Gasteiger charge is 2.29. The zero-order valence-electron chi connectivity index (χ0n) is 14.2. The Labute approximate surface area is 142 Å². The minimum atomic E-state index is -0.0816. The number of piperazine rings is 1. The monoisotopic (exact) mass is 325 g/mol. The molecular formula is C19H23N3O2. The van der Waals surface area contributed by atoms with E-state index in [0.29, 0.717) is 6.61 Å². The summed E-state index contributed by atoms with van der Waals surface area (Å²) in [5.41, 5.74) is 2.05. The number of amides is 1. The predicted molar refractivity (Wildman–Crippen MR) is 92.5 cm³/mol. The molecule has 1 aliphatic heterocycles. The molecule has 0 saturated carbocycles. The van der Waals surface area contributed by atoms with Gasteiger partial charge < -0.3 is 9.64 Å². The molecule has 1 aliphatic rings. The number of carbonyl (C=O) groups excluding carboxylic acids is 1. The standard InChI is InChI=1S/C19H23N3O2/c1-15-19(23)21(2)10-11-22(15)13-16-6-5-8-18(12-16)24-14-17-7-3-4-9-20-17/h3-9,12,15H,10-11,13-14H2,1-2H3. The van der Waals surface area contributed by atoms with E-state index in [1.54, 1.807) is 11.1 Å². The van der Waals surface area contributed by atoms with Crippen LogP contribution in [0.25, 0.3) is 0 Å². The molecule has 0 N–H and O–H groups in total. The lowest BCUT2D eigenvalue weighted by Gasteiger charge is -2.37. The van der Waals surface area contributed by atoms with E-state index in [4.69, 9.17) is 4.74 Å². The van der Waals surface area contributed by atoms with Gasteiger partial charge in [-0.2, -0.15) is 0 Å². The summed E-state index contributed by atoms with van der Waals surface area (Å²) in [5.74, 6) is 1.01. The average Bonchev–Trinajstić information content (AvgIpc) is 2.62. The summed E-state index contributed by atoms with van der Waals surface area (Å²) in [6.45, 7) is 4.84. The van der Waals surface area contributed by atoms with Gasteiger partial charge in [0.2, 0.25) is 5.91 Å². The fraction of sp³-hybridized carbons (Fsp3) is 0.368. The zero-order chi connectivity index (χ0) is 16.9. The van der Waals surface area contributed by atoms with E-state index < -0.39 is 0 Å². The first-order valence-electron chi connectivity index (χ1n) is 8.24. The summed E-state index contributed by atoms with van der Waals surface area (Å²) < 4.78 is 5.83. The first kappa shape index (κ1) is 16.5. The van der Waals surface area contributed by atoms with Gasteiger partial charge in [-0.15, -0.1) is 0 Å². The van der Waals surface area contributed by atoms with Crippen LogP contribution in [-0.2, 0) is 17.9 Å². The largest absolute Gasteiger partial charge is 0.487 e. The van der Waals surface area contributed by atoms with Gasteiger partial charge in [-0.3, -0.25) is 14.7 Å². The van der Waals surface area contributed by atoms with E-state index in [-0.39, 0.29) is 11.9 Å². The summed E-state index contributed by atoms with van der Waals surface area (Å²) >= 11 is 0. The third kappa shape index (κ3) is 3.92. The highest BCUT2D eigenvalue weighted by molar-refractivity contribution is 5.81.